The Bertz CT molecular complexity index is 152. The topological polar surface area (TPSA) is 39.1 Å². The molecule has 0 spiro atoms. The lowest BCUT2D eigenvalue weighted by Gasteiger charge is -2.28. The number of hydrogen-bond donors (Lipinski definition) is 2. The maximum atomic E-state index is 7.06. The van der Waals surface area contributed by atoms with E-state index in [1.165, 1.54) is 6.21 Å². The molecule has 1 aliphatic rings. The van der Waals surface area contributed by atoms with Crippen LogP contribution in [0.2, 0.25) is 0 Å². The molecule has 0 aromatic heterocycles. The standard InChI is InChI=1S/C6H11N3/c1-6(5-7)8-3-4-9(6)2/h3-5,7-8H,1-2H3. The van der Waals surface area contributed by atoms with Crippen LogP contribution in [0.1, 0.15) is 6.92 Å². The zero-order valence-electron chi connectivity index (χ0n) is 5.68. The van der Waals surface area contributed by atoms with Crippen molar-refractivity contribution in [2.45, 2.75) is 12.6 Å². The smallest absolute Gasteiger partial charge is 0.142 e. The molecule has 1 atom stereocenters. The van der Waals surface area contributed by atoms with Gasteiger partial charge in [0.1, 0.15) is 5.66 Å². The van der Waals surface area contributed by atoms with Gasteiger partial charge in [0.05, 0.1) is 0 Å². The van der Waals surface area contributed by atoms with E-state index in [4.69, 9.17) is 5.41 Å². The van der Waals surface area contributed by atoms with Gasteiger partial charge in [-0.25, -0.2) is 0 Å². The SMILES string of the molecule is CN1C=CNC1(C)C=N. The molecule has 1 heterocycles. The second-order valence-corrected chi connectivity index (χ2v) is 2.36. The summed E-state index contributed by atoms with van der Waals surface area (Å²) in [5, 5.41) is 10.1. The highest BCUT2D eigenvalue weighted by Gasteiger charge is 2.26. The Morgan fingerprint density at radius 3 is 2.67 bits per heavy atom. The summed E-state index contributed by atoms with van der Waals surface area (Å²) in [6.45, 7) is 1.94. The van der Waals surface area contributed by atoms with Crippen molar-refractivity contribution in [1.29, 1.82) is 5.41 Å². The van der Waals surface area contributed by atoms with Gasteiger partial charge in [0.2, 0.25) is 0 Å². The van der Waals surface area contributed by atoms with Crippen LogP contribution < -0.4 is 5.32 Å². The quantitative estimate of drug-likeness (QED) is 0.497. The lowest BCUT2D eigenvalue weighted by Crippen LogP contribution is -2.47. The Hall–Kier alpha value is -0.990. The first-order valence-corrected chi connectivity index (χ1v) is 2.88. The third-order valence-electron chi connectivity index (χ3n) is 1.69. The third-order valence-corrected chi connectivity index (χ3v) is 1.69. The predicted octanol–water partition coefficient (Wildman–Crippen LogP) is 0.358. The highest BCUT2D eigenvalue weighted by Crippen LogP contribution is 2.11. The van der Waals surface area contributed by atoms with E-state index >= 15 is 0 Å². The predicted molar refractivity (Wildman–Crippen MR) is 37.2 cm³/mol. The van der Waals surface area contributed by atoms with E-state index in [2.05, 4.69) is 5.32 Å². The first-order chi connectivity index (χ1) is 4.19. The van der Waals surface area contributed by atoms with E-state index < -0.39 is 0 Å². The van der Waals surface area contributed by atoms with Gasteiger partial charge in [-0.15, -0.1) is 0 Å². The molecule has 0 saturated carbocycles. The zero-order valence-corrected chi connectivity index (χ0v) is 5.68. The Balaban J connectivity index is 2.73. The maximum Gasteiger partial charge on any atom is 0.142 e. The molecule has 0 saturated heterocycles. The summed E-state index contributed by atoms with van der Waals surface area (Å²) in [5.41, 5.74) is -0.292. The van der Waals surface area contributed by atoms with Gasteiger partial charge in [0.25, 0.3) is 0 Å². The normalized spacial score (nSPS) is 32.4. The minimum Gasteiger partial charge on any atom is -0.363 e. The zero-order chi connectivity index (χ0) is 6.91. The Kier molecular flexibility index (Phi) is 1.20. The van der Waals surface area contributed by atoms with Crippen LogP contribution in [0.3, 0.4) is 0 Å². The summed E-state index contributed by atoms with van der Waals surface area (Å²) in [6, 6.07) is 0. The van der Waals surface area contributed by atoms with Crippen LogP contribution in [0, 0.1) is 5.41 Å². The maximum absolute atomic E-state index is 7.06. The van der Waals surface area contributed by atoms with E-state index in [1.807, 2.05) is 31.3 Å². The number of nitrogens with zero attached hydrogens (tertiary/aromatic N) is 1. The van der Waals surface area contributed by atoms with Gasteiger partial charge in [-0.1, -0.05) is 0 Å². The van der Waals surface area contributed by atoms with Gasteiger partial charge in [0.15, 0.2) is 0 Å². The largest absolute Gasteiger partial charge is 0.363 e. The van der Waals surface area contributed by atoms with Crippen molar-refractivity contribution in [1.82, 2.24) is 10.2 Å². The van der Waals surface area contributed by atoms with Crippen molar-refractivity contribution in [3.8, 4) is 0 Å². The van der Waals surface area contributed by atoms with E-state index in [9.17, 15) is 0 Å². The fraction of sp³-hybridized carbons (Fsp3) is 0.500. The molecule has 2 N–H and O–H groups in total. The van der Waals surface area contributed by atoms with Crippen molar-refractivity contribution in [2.24, 2.45) is 0 Å². The Labute approximate surface area is 54.9 Å². The molecular formula is C6H11N3. The van der Waals surface area contributed by atoms with Gasteiger partial charge in [-0.05, 0) is 6.92 Å². The summed E-state index contributed by atoms with van der Waals surface area (Å²) in [6.07, 6.45) is 5.13. The first kappa shape index (κ1) is 6.13. The van der Waals surface area contributed by atoms with E-state index in [1.54, 1.807) is 0 Å². The summed E-state index contributed by atoms with van der Waals surface area (Å²) in [4.78, 5) is 1.94. The van der Waals surface area contributed by atoms with Gasteiger partial charge in [-0.2, -0.15) is 0 Å². The molecule has 1 aliphatic heterocycles. The molecule has 0 aromatic rings. The van der Waals surface area contributed by atoms with Crippen LogP contribution >= 0.6 is 0 Å². The molecule has 3 heteroatoms. The Morgan fingerprint density at radius 2 is 2.44 bits per heavy atom. The highest BCUT2D eigenvalue weighted by atomic mass is 15.3. The molecular weight excluding hydrogens is 114 g/mol. The number of hydrogen-bond acceptors (Lipinski definition) is 3. The molecule has 0 radical (unpaired) electrons. The third kappa shape index (κ3) is 0.781. The fourth-order valence-corrected chi connectivity index (χ4v) is 0.718. The molecule has 0 aliphatic carbocycles. The van der Waals surface area contributed by atoms with E-state index in [0.717, 1.165) is 0 Å². The second kappa shape index (κ2) is 1.76. The molecule has 0 aromatic carbocycles. The van der Waals surface area contributed by atoms with Gasteiger partial charge >= 0.3 is 0 Å². The van der Waals surface area contributed by atoms with Gasteiger partial charge in [0, 0.05) is 25.7 Å². The van der Waals surface area contributed by atoms with Crippen molar-refractivity contribution < 1.29 is 0 Å². The van der Waals surface area contributed by atoms with Gasteiger partial charge < -0.3 is 15.6 Å². The minimum atomic E-state index is -0.292. The number of rotatable bonds is 1. The fourth-order valence-electron chi connectivity index (χ4n) is 0.718. The summed E-state index contributed by atoms with van der Waals surface area (Å²) in [7, 11) is 1.93. The molecule has 1 unspecified atom stereocenters. The summed E-state index contributed by atoms with van der Waals surface area (Å²) in [5.74, 6) is 0. The van der Waals surface area contributed by atoms with Crippen LogP contribution in [-0.2, 0) is 0 Å². The van der Waals surface area contributed by atoms with Crippen LogP contribution in [0.15, 0.2) is 12.4 Å². The lowest BCUT2D eigenvalue weighted by atomic mass is 10.2. The average molecular weight is 125 g/mol. The molecule has 0 amide bonds. The molecule has 9 heavy (non-hydrogen) atoms. The Morgan fingerprint density at radius 1 is 1.78 bits per heavy atom. The van der Waals surface area contributed by atoms with Crippen molar-refractivity contribution >= 4 is 6.21 Å². The van der Waals surface area contributed by atoms with Gasteiger partial charge in [-0.3, -0.25) is 0 Å². The second-order valence-electron chi connectivity index (χ2n) is 2.36. The molecule has 50 valence electrons. The molecule has 0 fully saturated rings. The van der Waals surface area contributed by atoms with Crippen LogP contribution in [0.25, 0.3) is 0 Å². The molecule has 1 rings (SSSR count). The summed E-state index contributed by atoms with van der Waals surface area (Å²) >= 11 is 0. The van der Waals surface area contributed by atoms with E-state index in [0.29, 0.717) is 0 Å². The molecule has 0 bridgehead atoms. The molecule has 3 nitrogen and oxygen atoms in total. The monoisotopic (exact) mass is 125 g/mol. The van der Waals surface area contributed by atoms with E-state index in [-0.39, 0.29) is 5.66 Å². The first-order valence-electron chi connectivity index (χ1n) is 2.88. The number of nitrogens with one attached hydrogen (secondary N) is 2. The van der Waals surface area contributed by atoms with Crippen molar-refractivity contribution in [2.75, 3.05) is 7.05 Å². The average Bonchev–Trinajstić information content (AvgIpc) is 2.15. The van der Waals surface area contributed by atoms with Crippen molar-refractivity contribution in [3.05, 3.63) is 12.4 Å². The summed E-state index contributed by atoms with van der Waals surface area (Å²) < 4.78 is 0. The lowest BCUT2D eigenvalue weighted by molar-refractivity contribution is 0.291. The van der Waals surface area contributed by atoms with Crippen LogP contribution in [0.4, 0.5) is 0 Å². The van der Waals surface area contributed by atoms with Crippen molar-refractivity contribution in [3.63, 3.8) is 0 Å². The highest BCUT2D eigenvalue weighted by molar-refractivity contribution is 5.66. The minimum absolute atomic E-state index is 0.292. The van der Waals surface area contributed by atoms with Crippen LogP contribution in [-0.4, -0.2) is 23.8 Å². The van der Waals surface area contributed by atoms with Crippen LogP contribution in [0.5, 0.6) is 0 Å².